The van der Waals surface area contributed by atoms with Gasteiger partial charge in [0, 0.05) is 20.5 Å². The van der Waals surface area contributed by atoms with Gasteiger partial charge in [-0.1, -0.05) is 0 Å². The summed E-state index contributed by atoms with van der Waals surface area (Å²) >= 11 is 7.55. The van der Waals surface area contributed by atoms with E-state index in [2.05, 4.69) is 10.6 Å². The van der Waals surface area contributed by atoms with Gasteiger partial charge >= 0.3 is 0 Å². The average molecular weight is 496 g/mol. The standard InChI is InChI=1S/C21H38ClN3O6S/c1-11(22)15(19-17(28)16(27)18(29)21(31-19)32-4)24-20(30)13-7-5-12(9-10-23-13)6-8-14(26)25(2)3/h11-13,15-19,21,23,27-29H,5-10H2,1-4H3,(H,24,30)/t11-,12+,13-,15+,16?,17?,18+,19+,21?/m0/s1. The molecule has 2 aliphatic heterocycles. The zero-order chi connectivity index (χ0) is 24.0. The van der Waals surface area contributed by atoms with Gasteiger partial charge in [-0.2, -0.15) is 0 Å². The Balaban J connectivity index is 1.97. The smallest absolute Gasteiger partial charge is 0.237 e. The van der Waals surface area contributed by atoms with Crippen molar-refractivity contribution in [3.63, 3.8) is 0 Å². The van der Waals surface area contributed by atoms with Gasteiger partial charge in [0.1, 0.15) is 29.9 Å². The molecule has 9 nitrogen and oxygen atoms in total. The third-order valence-electron chi connectivity index (χ3n) is 6.39. The van der Waals surface area contributed by atoms with Crippen molar-refractivity contribution >= 4 is 35.2 Å². The zero-order valence-electron chi connectivity index (χ0n) is 19.2. The van der Waals surface area contributed by atoms with Crippen LogP contribution >= 0.6 is 23.4 Å². The molecule has 0 aliphatic carbocycles. The molecule has 0 aromatic carbocycles. The van der Waals surface area contributed by atoms with Crippen LogP contribution in [0.1, 0.15) is 39.0 Å². The Morgan fingerprint density at radius 1 is 1.19 bits per heavy atom. The first-order valence-electron chi connectivity index (χ1n) is 11.2. The molecular formula is C21H38ClN3O6S. The van der Waals surface area contributed by atoms with Crippen LogP contribution in [0.2, 0.25) is 0 Å². The molecule has 2 saturated heterocycles. The predicted molar refractivity (Wildman–Crippen MR) is 125 cm³/mol. The highest BCUT2D eigenvalue weighted by Crippen LogP contribution is 2.30. The second kappa shape index (κ2) is 12.7. The number of carbonyl (C=O) groups is 2. The number of thioether (sulfide) groups is 1. The number of hydrogen-bond acceptors (Lipinski definition) is 8. The number of halogens is 1. The van der Waals surface area contributed by atoms with E-state index in [1.165, 1.54) is 11.8 Å². The summed E-state index contributed by atoms with van der Waals surface area (Å²) in [5.41, 5.74) is -0.741. The van der Waals surface area contributed by atoms with Crippen molar-refractivity contribution < 1.29 is 29.6 Å². The van der Waals surface area contributed by atoms with Crippen molar-refractivity contribution in [3.8, 4) is 0 Å². The van der Waals surface area contributed by atoms with E-state index in [0.29, 0.717) is 25.3 Å². The van der Waals surface area contributed by atoms with Gasteiger partial charge in [-0.25, -0.2) is 0 Å². The maximum absolute atomic E-state index is 13.0. The molecule has 0 spiro atoms. The zero-order valence-corrected chi connectivity index (χ0v) is 20.8. The Labute approximate surface area is 199 Å². The van der Waals surface area contributed by atoms with Crippen molar-refractivity contribution in [2.45, 2.75) is 86.3 Å². The van der Waals surface area contributed by atoms with E-state index in [9.17, 15) is 24.9 Å². The number of aliphatic hydroxyl groups excluding tert-OH is 3. The summed E-state index contributed by atoms with van der Waals surface area (Å²) in [6, 6.07) is -1.18. The summed E-state index contributed by atoms with van der Waals surface area (Å²) < 4.78 is 5.81. The number of carbonyl (C=O) groups excluding carboxylic acids is 2. The largest absolute Gasteiger partial charge is 0.388 e. The van der Waals surface area contributed by atoms with Crippen molar-refractivity contribution in [1.82, 2.24) is 15.5 Å². The Kier molecular flexibility index (Phi) is 11.0. The molecule has 2 fully saturated rings. The van der Waals surface area contributed by atoms with Crippen LogP contribution in [0.3, 0.4) is 0 Å². The van der Waals surface area contributed by atoms with Gasteiger partial charge in [0.2, 0.25) is 11.8 Å². The third kappa shape index (κ3) is 7.19. The lowest BCUT2D eigenvalue weighted by molar-refractivity contribution is -0.205. The molecule has 0 aromatic heterocycles. The van der Waals surface area contributed by atoms with E-state index in [1.807, 2.05) is 0 Å². The minimum Gasteiger partial charge on any atom is -0.388 e. The van der Waals surface area contributed by atoms with Crippen LogP contribution in [0.5, 0.6) is 0 Å². The van der Waals surface area contributed by atoms with Crippen LogP contribution in [0.4, 0.5) is 0 Å². The minimum atomic E-state index is -1.40. The van der Waals surface area contributed by atoms with Gasteiger partial charge in [-0.05, 0) is 51.3 Å². The maximum atomic E-state index is 13.0. The van der Waals surface area contributed by atoms with Crippen LogP contribution in [0.15, 0.2) is 0 Å². The lowest BCUT2D eigenvalue weighted by Crippen LogP contribution is -2.65. The Morgan fingerprint density at radius 3 is 2.47 bits per heavy atom. The highest BCUT2D eigenvalue weighted by Gasteiger charge is 2.48. The lowest BCUT2D eigenvalue weighted by Gasteiger charge is -2.44. The number of ether oxygens (including phenoxy) is 1. The monoisotopic (exact) mass is 495 g/mol. The topological polar surface area (TPSA) is 131 Å². The van der Waals surface area contributed by atoms with E-state index >= 15 is 0 Å². The SMILES string of the molecule is CSC1O[C@H]([C@H](NC(=O)[C@@H]2CC[C@H](CCC(=O)N(C)C)CCN2)[C@H](C)Cl)C(O)C(O)[C@H]1O. The summed E-state index contributed by atoms with van der Waals surface area (Å²) in [5, 5.41) is 36.4. The first-order valence-corrected chi connectivity index (χ1v) is 12.9. The number of nitrogens with zero attached hydrogens (tertiary/aromatic N) is 1. The second-order valence-electron chi connectivity index (χ2n) is 8.95. The molecule has 2 heterocycles. The molecule has 5 N–H and O–H groups in total. The quantitative estimate of drug-likeness (QED) is 0.295. The van der Waals surface area contributed by atoms with Crippen molar-refractivity contribution in [1.29, 1.82) is 0 Å². The summed E-state index contributed by atoms with van der Waals surface area (Å²) in [5.74, 6) is 0.233. The van der Waals surface area contributed by atoms with Gasteiger partial charge in [0.15, 0.2) is 0 Å². The highest BCUT2D eigenvalue weighted by molar-refractivity contribution is 7.99. The van der Waals surface area contributed by atoms with Gasteiger partial charge in [-0.15, -0.1) is 23.4 Å². The normalized spacial score (nSPS) is 35.4. The Morgan fingerprint density at radius 2 is 1.88 bits per heavy atom. The molecule has 32 heavy (non-hydrogen) atoms. The molecular weight excluding hydrogens is 458 g/mol. The number of amides is 2. The van der Waals surface area contributed by atoms with E-state index in [1.54, 1.807) is 32.2 Å². The molecule has 2 aliphatic rings. The van der Waals surface area contributed by atoms with Gasteiger partial charge in [-0.3, -0.25) is 9.59 Å². The molecule has 9 atom stereocenters. The van der Waals surface area contributed by atoms with Gasteiger partial charge in [0.05, 0.1) is 17.5 Å². The van der Waals surface area contributed by atoms with Crippen molar-refractivity contribution in [3.05, 3.63) is 0 Å². The summed E-state index contributed by atoms with van der Waals surface area (Å²) in [6.07, 6.45) is 0.386. The number of aliphatic hydroxyl groups is 3. The van der Waals surface area contributed by atoms with Crippen LogP contribution in [-0.4, -0.2) is 106 Å². The van der Waals surface area contributed by atoms with Gasteiger partial charge < -0.3 is 35.6 Å². The number of alkyl halides is 1. The molecule has 3 unspecified atom stereocenters. The lowest BCUT2D eigenvalue weighted by atomic mass is 9.92. The molecule has 0 bridgehead atoms. The van der Waals surface area contributed by atoms with E-state index in [4.69, 9.17) is 16.3 Å². The average Bonchev–Trinajstić information content (AvgIpc) is 3.00. The second-order valence-corrected chi connectivity index (χ2v) is 10.6. The first kappa shape index (κ1) is 27.6. The number of hydrogen-bond donors (Lipinski definition) is 5. The maximum Gasteiger partial charge on any atom is 0.237 e. The first-order chi connectivity index (χ1) is 15.1. The molecule has 0 saturated carbocycles. The fourth-order valence-corrected chi connectivity index (χ4v) is 5.15. The third-order valence-corrected chi connectivity index (χ3v) is 7.51. The molecule has 11 heteroatoms. The Hall–Kier alpha value is -0.620. The Bertz CT molecular complexity index is 626. The molecule has 2 rings (SSSR count). The van der Waals surface area contributed by atoms with Crippen LogP contribution in [-0.2, 0) is 14.3 Å². The fraction of sp³-hybridized carbons (Fsp3) is 0.905. The summed E-state index contributed by atoms with van der Waals surface area (Å²) in [6.45, 7) is 2.36. The minimum absolute atomic E-state index is 0.109. The summed E-state index contributed by atoms with van der Waals surface area (Å²) in [4.78, 5) is 26.5. The number of rotatable bonds is 8. The fourth-order valence-electron chi connectivity index (χ4n) is 4.26. The van der Waals surface area contributed by atoms with E-state index in [-0.39, 0.29) is 11.8 Å². The van der Waals surface area contributed by atoms with E-state index < -0.39 is 47.3 Å². The number of nitrogens with one attached hydrogen (secondary N) is 2. The van der Waals surface area contributed by atoms with Crippen LogP contribution in [0.25, 0.3) is 0 Å². The molecule has 0 aromatic rings. The van der Waals surface area contributed by atoms with Crippen LogP contribution in [0, 0.1) is 5.92 Å². The molecule has 186 valence electrons. The van der Waals surface area contributed by atoms with Crippen molar-refractivity contribution in [2.75, 3.05) is 26.9 Å². The van der Waals surface area contributed by atoms with Gasteiger partial charge in [0.25, 0.3) is 0 Å². The predicted octanol–water partition coefficient (Wildman–Crippen LogP) is -0.104. The van der Waals surface area contributed by atoms with Crippen LogP contribution < -0.4 is 10.6 Å². The molecule has 0 radical (unpaired) electrons. The van der Waals surface area contributed by atoms with E-state index in [0.717, 1.165) is 19.3 Å². The highest BCUT2D eigenvalue weighted by atomic mass is 35.5. The van der Waals surface area contributed by atoms with Crippen molar-refractivity contribution in [2.24, 2.45) is 5.92 Å². The summed E-state index contributed by atoms with van der Waals surface area (Å²) in [7, 11) is 3.50. The molecule has 2 amide bonds.